The number of hydrogen-bond donors (Lipinski definition) is 1. The van der Waals surface area contributed by atoms with Crippen LogP contribution in [0.25, 0.3) is 6.08 Å². The van der Waals surface area contributed by atoms with Gasteiger partial charge in [-0.1, -0.05) is 36.4 Å². The zero-order valence-electron chi connectivity index (χ0n) is 18.8. The van der Waals surface area contributed by atoms with E-state index < -0.39 is 11.7 Å². The first kappa shape index (κ1) is 23.2. The topological polar surface area (TPSA) is 71.4 Å². The van der Waals surface area contributed by atoms with Gasteiger partial charge in [0, 0.05) is 47.3 Å². The van der Waals surface area contributed by atoms with Crippen LogP contribution >= 0.6 is 15.9 Å². The Labute approximate surface area is 210 Å². The summed E-state index contributed by atoms with van der Waals surface area (Å²) in [6.07, 6.45) is 2.28. The van der Waals surface area contributed by atoms with Crippen molar-refractivity contribution in [3.8, 4) is 0 Å². The average molecular weight is 536 g/mol. The molecule has 2 amide bonds. The molecule has 1 N–H and O–H groups in total. The van der Waals surface area contributed by atoms with Crippen molar-refractivity contribution in [2.75, 3.05) is 13.1 Å². The molecule has 1 aromatic heterocycles. The first-order chi connectivity index (χ1) is 16.9. The number of piperidine rings is 1. The van der Waals surface area contributed by atoms with Crippen LogP contribution in [0.3, 0.4) is 0 Å². The molecule has 178 valence electrons. The lowest BCUT2D eigenvalue weighted by Crippen LogP contribution is -2.50. The van der Waals surface area contributed by atoms with E-state index in [1.807, 2.05) is 6.07 Å². The normalized spacial score (nSPS) is 19.1. The molecule has 1 saturated heterocycles. The van der Waals surface area contributed by atoms with Crippen LogP contribution in [0.5, 0.6) is 0 Å². The summed E-state index contributed by atoms with van der Waals surface area (Å²) in [6, 6.07) is 18.2. The van der Waals surface area contributed by atoms with Crippen molar-refractivity contribution in [1.29, 1.82) is 0 Å². The zero-order valence-corrected chi connectivity index (χ0v) is 20.4. The number of nitrogens with one attached hydrogen (secondary N) is 1. The lowest BCUT2D eigenvalue weighted by molar-refractivity contribution is -0.130. The third-order valence-electron chi connectivity index (χ3n) is 6.57. The zero-order chi connectivity index (χ0) is 24.5. The lowest BCUT2D eigenvalue weighted by Gasteiger charge is -2.43. The number of fused-ring (bicyclic) bond motifs is 4. The summed E-state index contributed by atoms with van der Waals surface area (Å²) < 4.78 is 16.8. The second-order valence-corrected chi connectivity index (χ2v) is 9.78. The van der Waals surface area contributed by atoms with Crippen molar-refractivity contribution in [1.82, 2.24) is 14.8 Å². The first-order valence-electron chi connectivity index (χ1n) is 11.4. The van der Waals surface area contributed by atoms with Gasteiger partial charge in [0.15, 0.2) is 0 Å². The van der Waals surface area contributed by atoms with Gasteiger partial charge >= 0.3 is 0 Å². The molecule has 0 saturated carbocycles. The van der Waals surface area contributed by atoms with Crippen LogP contribution in [0.4, 0.5) is 4.39 Å². The van der Waals surface area contributed by atoms with Crippen LogP contribution in [-0.4, -0.2) is 34.4 Å². The summed E-state index contributed by atoms with van der Waals surface area (Å²) in [5.41, 5.74) is 1.46. The number of halogens is 2. The number of carbonyl (C=O) groups is 2. The third kappa shape index (κ3) is 4.71. The van der Waals surface area contributed by atoms with Gasteiger partial charge in [-0.15, -0.1) is 0 Å². The molecule has 0 aliphatic carbocycles. The summed E-state index contributed by atoms with van der Waals surface area (Å²) >= 11 is 3.37. The second kappa shape index (κ2) is 9.62. The standard InChI is InChI=1S/C27H23BrFN3O3/c28-21-8-3-2-7-20(21)26(34)30-23(13-18-6-1-4-9-22(18)29)27(35)31-14-17-12-19(16-31)24-10-5-11-25(33)32(24)15-17/h1-11,13,17,19H,12,14-16H2,(H,30,34). The Hall–Kier alpha value is -3.52. The number of pyridine rings is 1. The van der Waals surface area contributed by atoms with Crippen LogP contribution in [0, 0.1) is 11.7 Å². The fourth-order valence-corrected chi connectivity index (χ4v) is 5.43. The van der Waals surface area contributed by atoms with Gasteiger partial charge in [0.25, 0.3) is 17.4 Å². The molecule has 35 heavy (non-hydrogen) atoms. The highest BCUT2D eigenvalue weighted by Crippen LogP contribution is 2.35. The number of aromatic nitrogens is 1. The quantitative estimate of drug-likeness (QED) is 0.509. The van der Waals surface area contributed by atoms with Crippen LogP contribution in [0.2, 0.25) is 0 Å². The van der Waals surface area contributed by atoms with E-state index in [0.717, 1.165) is 12.1 Å². The van der Waals surface area contributed by atoms with Crippen LogP contribution in [0.15, 0.2) is 81.7 Å². The van der Waals surface area contributed by atoms with Crippen molar-refractivity contribution in [3.05, 3.63) is 110 Å². The number of likely N-dealkylation sites (tertiary alicyclic amines) is 1. The van der Waals surface area contributed by atoms with E-state index in [1.54, 1.807) is 64.1 Å². The van der Waals surface area contributed by atoms with Gasteiger partial charge in [-0.3, -0.25) is 14.4 Å². The van der Waals surface area contributed by atoms with Crippen molar-refractivity contribution in [2.24, 2.45) is 5.92 Å². The smallest absolute Gasteiger partial charge is 0.270 e. The van der Waals surface area contributed by atoms with E-state index in [1.165, 1.54) is 12.1 Å². The SMILES string of the molecule is O=C(NC(=Cc1ccccc1F)C(=O)N1CC2CC(C1)c1cccc(=O)n1C2)c1ccccc1Br. The van der Waals surface area contributed by atoms with Crippen LogP contribution in [0.1, 0.15) is 34.0 Å². The molecule has 2 bridgehead atoms. The maximum absolute atomic E-state index is 14.4. The Kier molecular flexibility index (Phi) is 6.38. The van der Waals surface area contributed by atoms with Crippen molar-refractivity contribution >= 4 is 33.8 Å². The van der Waals surface area contributed by atoms with Crippen LogP contribution in [-0.2, 0) is 11.3 Å². The van der Waals surface area contributed by atoms with E-state index in [0.29, 0.717) is 29.7 Å². The number of nitrogens with zero attached hydrogens (tertiary/aromatic N) is 2. The highest BCUT2D eigenvalue weighted by Gasteiger charge is 2.37. The number of carbonyl (C=O) groups excluding carboxylic acids is 2. The van der Waals surface area contributed by atoms with Crippen molar-refractivity contribution in [3.63, 3.8) is 0 Å². The van der Waals surface area contributed by atoms with Gasteiger partial charge in [-0.05, 0) is 58.6 Å². The minimum atomic E-state index is -0.489. The van der Waals surface area contributed by atoms with E-state index in [4.69, 9.17) is 0 Å². The van der Waals surface area contributed by atoms with E-state index in [9.17, 15) is 18.8 Å². The Balaban J connectivity index is 1.47. The predicted molar refractivity (Wildman–Crippen MR) is 134 cm³/mol. The van der Waals surface area contributed by atoms with Gasteiger partial charge in [-0.2, -0.15) is 0 Å². The minimum absolute atomic E-state index is 0.00118. The minimum Gasteiger partial charge on any atom is -0.336 e. The number of amides is 2. The maximum Gasteiger partial charge on any atom is 0.270 e. The Bertz CT molecular complexity index is 1400. The number of hydrogen-bond acceptors (Lipinski definition) is 3. The monoisotopic (exact) mass is 535 g/mol. The van der Waals surface area contributed by atoms with E-state index in [2.05, 4.69) is 21.2 Å². The summed E-state index contributed by atoms with van der Waals surface area (Å²) in [7, 11) is 0. The number of benzene rings is 2. The molecular formula is C27H23BrFN3O3. The molecular weight excluding hydrogens is 513 g/mol. The highest BCUT2D eigenvalue weighted by molar-refractivity contribution is 9.10. The number of rotatable bonds is 4. The van der Waals surface area contributed by atoms with E-state index in [-0.39, 0.29) is 34.6 Å². The first-order valence-corrected chi connectivity index (χ1v) is 12.2. The molecule has 6 nitrogen and oxygen atoms in total. The molecule has 5 rings (SSSR count). The largest absolute Gasteiger partial charge is 0.336 e. The summed E-state index contributed by atoms with van der Waals surface area (Å²) in [4.78, 5) is 40.8. The van der Waals surface area contributed by atoms with E-state index >= 15 is 0 Å². The van der Waals surface area contributed by atoms with Crippen LogP contribution < -0.4 is 10.9 Å². The van der Waals surface area contributed by atoms with Gasteiger partial charge in [0.05, 0.1) is 5.56 Å². The Morgan fingerprint density at radius 2 is 1.74 bits per heavy atom. The molecule has 2 atom stereocenters. The van der Waals surface area contributed by atoms with Gasteiger partial charge in [0.2, 0.25) is 0 Å². The lowest BCUT2D eigenvalue weighted by atomic mass is 9.83. The molecule has 3 heterocycles. The fraction of sp³-hybridized carbons (Fsp3) is 0.222. The summed E-state index contributed by atoms with van der Waals surface area (Å²) in [6.45, 7) is 1.42. The molecule has 2 aliphatic rings. The Morgan fingerprint density at radius 1 is 0.971 bits per heavy atom. The van der Waals surface area contributed by atoms with Gasteiger partial charge < -0.3 is 14.8 Å². The van der Waals surface area contributed by atoms with Crippen molar-refractivity contribution < 1.29 is 14.0 Å². The molecule has 0 spiro atoms. The predicted octanol–water partition coefficient (Wildman–Crippen LogP) is 4.17. The summed E-state index contributed by atoms with van der Waals surface area (Å²) in [5.74, 6) is -1.19. The molecule has 2 unspecified atom stereocenters. The highest BCUT2D eigenvalue weighted by atomic mass is 79.9. The second-order valence-electron chi connectivity index (χ2n) is 8.92. The maximum atomic E-state index is 14.4. The molecule has 3 aromatic rings. The molecule has 0 radical (unpaired) electrons. The van der Waals surface area contributed by atoms with Crippen molar-refractivity contribution in [2.45, 2.75) is 18.9 Å². The Morgan fingerprint density at radius 3 is 2.54 bits per heavy atom. The average Bonchev–Trinajstić information content (AvgIpc) is 2.85. The van der Waals surface area contributed by atoms with Gasteiger partial charge in [-0.25, -0.2) is 4.39 Å². The van der Waals surface area contributed by atoms with Gasteiger partial charge in [0.1, 0.15) is 11.5 Å². The summed E-state index contributed by atoms with van der Waals surface area (Å²) in [5, 5.41) is 2.72. The third-order valence-corrected chi connectivity index (χ3v) is 7.26. The fourth-order valence-electron chi connectivity index (χ4n) is 4.97. The molecule has 2 aliphatic heterocycles. The molecule has 2 aromatic carbocycles. The molecule has 1 fully saturated rings. The molecule has 8 heteroatoms.